The summed E-state index contributed by atoms with van der Waals surface area (Å²) in [5.74, 6) is 0.0101. The van der Waals surface area contributed by atoms with E-state index in [1.54, 1.807) is 32.7 Å². The zero-order valence-electron chi connectivity index (χ0n) is 21.9. The van der Waals surface area contributed by atoms with Gasteiger partial charge in [0.25, 0.3) is 0 Å². The normalized spacial score (nSPS) is 19.2. The Labute approximate surface area is 225 Å². The summed E-state index contributed by atoms with van der Waals surface area (Å²) in [6.07, 6.45) is 7.63. The maximum Gasteiger partial charge on any atom is 0.223 e. The number of sulfonamides is 1. The lowest BCUT2D eigenvalue weighted by Gasteiger charge is -2.37. The van der Waals surface area contributed by atoms with Crippen molar-refractivity contribution in [3.05, 3.63) is 57.5 Å². The number of halogens is 1. The Kier molecular flexibility index (Phi) is 10.1. The molecule has 0 N–H and O–H groups in total. The van der Waals surface area contributed by atoms with Gasteiger partial charge in [0.1, 0.15) is 5.82 Å². The molecular formula is C28H40FN3O3S2. The van der Waals surface area contributed by atoms with Crippen LogP contribution in [0.2, 0.25) is 0 Å². The summed E-state index contributed by atoms with van der Waals surface area (Å²) in [6, 6.07) is 8.82. The molecule has 1 amide bonds. The van der Waals surface area contributed by atoms with Gasteiger partial charge in [-0.15, -0.1) is 11.3 Å². The van der Waals surface area contributed by atoms with Gasteiger partial charge in [0.15, 0.2) is 0 Å². The minimum Gasteiger partial charge on any atom is -0.340 e. The first-order valence-corrected chi connectivity index (χ1v) is 16.2. The molecule has 37 heavy (non-hydrogen) atoms. The third-order valence-corrected chi connectivity index (χ3v) is 10.5. The Morgan fingerprint density at radius 2 is 1.78 bits per heavy atom. The molecule has 1 aromatic heterocycles. The molecule has 1 aromatic carbocycles. The third-order valence-electron chi connectivity index (χ3n) is 7.58. The van der Waals surface area contributed by atoms with Crippen LogP contribution in [0.5, 0.6) is 0 Å². The summed E-state index contributed by atoms with van der Waals surface area (Å²) in [6.45, 7) is 5.22. The van der Waals surface area contributed by atoms with E-state index in [-0.39, 0.29) is 23.5 Å². The Hall–Kier alpha value is -1.81. The molecule has 2 aromatic rings. The van der Waals surface area contributed by atoms with Crippen LogP contribution in [-0.4, -0.2) is 73.5 Å². The maximum atomic E-state index is 14.0. The number of rotatable bonds is 12. The Morgan fingerprint density at radius 1 is 1.03 bits per heavy atom. The summed E-state index contributed by atoms with van der Waals surface area (Å²) in [4.78, 5) is 18.5. The lowest BCUT2D eigenvalue weighted by Crippen LogP contribution is -2.51. The van der Waals surface area contributed by atoms with Crippen LogP contribution in [0.15, 0.2) is 35.7 Å². The van der Waals surface area contributed by atoms with Crippen molar-refractivity contribution in [3.63, 3.8) is 0 Å². The number of fused-ring (bicyclic) bond motifs is 1. The molecule has 9 heteroatoms. The van der Waals surface area contributed by atoms with Crippen LogP contribution in [0.4, 0.5) is 4.39 Å². The maximum absolute atomic E-state index is 14.0. The van der Waals surface area contributed by atoms with E-state index >= 15 is 0 Å². The molecule has 204 valence electrons. The Bertz CT molecular complexity index is 1130. The lowest BCUT2D eigenvalue weighted by molar-refractivity contribution is -0.132. The number of benzene rings is 1. The van der Waals surface area contributed by atoms with Gasteiger partial charge >= 0.3 is 0 Å². The fourth-order valence-corrected chi connectivity index (χ4v) is 7.93. The van der Waals surface area contributed by atoms with E-state index in [2.05, 4.69) is 23.3 Å². The smallest absolute Gasteiger partial charge is 0.223 e. The summed E-state index contributed by atoms with van der Waals surface area (Å²) < 4.78 is 41.1. The van der Waals surface area contributed by atoms with Crippen LogP contribution in [0.1, 0.15) is 73.9 Å². The van der Waals surface area contributed by atoms with Crippen LogP contribution in [-0.2, 0) is 21.2 Å². The second kappa shape index (κ2) is 13.3. The molecule has 1 saturated heterocycles. The van der Waals surface area contributed by atoms with Crippen LogP contribution in [0.3, 0.4) is 0 Å². The number of hydrogen-bond acceptors (Lipinski definition) is 5. The second-order valence-electron chi connectivity index (χ2n) is 10.2. The van der Waals surface area contributed by atoms with E-state index in [1.165, 1.54) is 35.8 Å². The van der Waals surface area contributed by atoms with E-state index in [0.29, 0.717) is 45.6 Å². The van der Waals surface area contributed by atoms with Crippen molar-refractivity contribution in [2.45, 2.75) is 64.3 Å². The van der Waals surface area contributed by atoms with Crippen molar-refractivity contribution < 1.29 is 17.6 Å². The summed E-state index contributed by atoms with van der Waals surface area (Å²) in [5.41, 5.74) is 2.12. The molecule has 0 radical (unpaired) electrons. The molecule has 6 nitrogen and oxygen atoms in total. The predicted molar refractivity (Wildman–Crippen MR) is 148 cm³/mol. The van der Waals surface area contributed by atoms with Crippen molar-refractivity contribution in [1.29, 1.82) is 0 Å². The van der Waals surface area contributed by atoms with Crippen molar-refractivity contribution >= 4 is 27.3 Å². The van der Waals surface area contributed by atoms with Crippen molar-refractivity contribution in [3.8, 4) is 0 Å². The lowest BCUT2D eigenvalue weighted by atomic mass is 9.93. The van der Waals surface area contributed by atoms with Gasteiger partial charge in [0.05, 0.1) is 11.8 Å². The van der Waals surface area contributed by atoms with Gasteiger partial charge in [0.2, 0.25) is 15.9 Å². The molecule has 1 atom stereocenters. The molecule has 3 heterocycles. The molecule has 0 unspecified atom stereocenters. The molecule has 4 rings (SSSR count). The van der Waals surface area contributed by atoms with Crippen LogP contribution >= 0.6 is 11.3 Å². The van der Waals surface area contributed by atoms with E-state index in [4.69, 9.17) is 0 Å². The SMILES string of the molecule is CCCCCCCCS(=O)(=O)N1CCN(C(=O)CCN2CCc3sccc3[C@H]2c2cccc(F)c2)CC1. The highest BCUT2D eigenvalue weighted by atomic mass is 32.2. The zero-order chi connectivity index (χ0) is 26.3. The van der Waals surface area contributed by atoms with Gasteiger partial charge in [-0.1, -0.05) is 51.2 Å². The van der Waals surface area contributed by atoms with Crippen LogP contribution in [0.25, 0.3) is 0 Å². The quantitative estimate of drug-likeness (QED) is 0.347. The van der Waals surface area contributed by atoms with E-state index < -0.39 is 10.0 Å². The van der Waals surface area contributed by atoms with Crippen molar-refractivity contribution in [2.75, 3.05) is 45.0 Å². The highest BCUT2D eigenvalue weighted by Crippen LogP contribution is 2.38. The highest BCUT2D eigenvalue weighted by molar-refractivity contribution is 7.89. The van der Waals surface area contributed by atoms with E-state index in [0.717, 1.165) is 31.4 Å². The number of hydrogen-bond donors (Lipinski definition) is 0. The highest BCUT2D eigenvalue weighted by Gasteiger charge is 2.32. The molecule has 0 aliphatic carbocycles. The average molecular weight is 550 g/mol. The fourth-order valence-electron chi connectivity index (χ4n) is 5.48. The number of nitrogens with zero attached hydrogens (tertiary/aromatic N) is 3. The monoisotopic (exact) mass is 549 g/mol. The third kappa shape index (κ3) is 7.40. The van der Waals surface area contributed by atoms with Gasteiger partial charge < -0.3 is 4.90 Å². The molecule has 2 aliphatic heterocycles. The second-order valence-corrected chi connectivity index (χ2v) is 13.2. The minimum atomic E-state index is -3.26. The van der Waals surface area contributed by atoms with Gasteiger partial charge in [0, 0.05) is 50.6 Å². The first-order chi connectivity index (χ1) is 17.9. The number of unbranched alkanes of at least 4 members (excludes halogenated alkanes) is 5. The van der Waals surface area contributed by atoms with E-state index in [1.807, 2.05) is 6.07 Å². The van der Waals surface area contributed by atoms with Crippen LogP contribution < -0.4 is 0 Å². The zero-order valence-corrected chi connectivity index (χ0v) is 23.5. The minimum absolute atomic E-state index is 0.0533. The first-order valence-electron chi connectivity index (χ1n) is 13.7. The molecule has 0 bridgehead atoms. The topological polar surface area (TPSA) is 60.9 Å². The number of carbonyl (C=O) groups is 1. The van der Waals surface area contributed by atoms with E-state index in [9.17, 15) is 17.6 Å². The van der Waals surface area contributed by atoms with Crippen molar-refractivity contribution in [2.24, 2.45) is 0 Å². The summed E-state index contributed by atoms with van der Waals surface area (Å²) in [5, 5.41) is 2.09. The Balaban J connectivity index is 1.27. The van der Waals surface area contributed by atoms with Crippen molar-refractivity contribution in [1.82, 2.24) is 14.1 Å². The van der Waals surface area contributed by atoms with Gasteiger partial charge in [-0.3, -0.25) is 9.69 Å². The molecular weight excluding hydrogens is 509 g/mol. The largest absolute Gasteiger partial charge is 0.340 e. The number of amides is 1. The molecule has 0 spiro atoms. The fraction of sp³-hybridized carbons (Fsp3) is 0.607. The summed E-state index contributed by atoms with van der Waals surface area (Å²) >= 11 is 1.74. The van der Waals surface area contributed by atoms with Gasteiger partial charge in [-0.05, 0) is 47.5 Å². The average Bonchev–Trinajstić information content (AvgIpc) is 3.38. The number of piperazine rings is 1. The standard InChI is InChI=1S/C28H40FN3O3S2/c1-2-3-4-5-6-7-21-37(34,35)32-18-16-30(17-19-32)27(33)12-15-31-14-11-26-25(13-20-36-26)28(31)23-9-8-10-24(29)22-23/h8-10,13,20,22,28H,2-7,11-12,14-19,21H2,1H3/t28-/m1/s1. The predicted octanol–water partition coefficient (Wildman–Crippen LogP) is 5.06. The molecule has 2 aliphatic rings. The van der Waals surface area contributed by atoms with Gasteiger partial charge in [-0.2, -0.15) is 4.31 Å². The number of carbonyl (C=O) groups excluding carboxylic acids is 1. The summed E-state index contributed by atoms with van der Waals surface area (Å²) in [7, 11) is -3.26. The van der Waals surface area contributed by atoms with Crippen LogP contribution in [0, 0.1) is 5.82 Å². The molecule has 1 fully saturated rings. The first kappa shape index (κ1) is 28.2. The van der Waals surface area contributed by atoms with Gasteiger partial charge in [-0.25, -0.2) is 12.8 Å². The molecule has 0 saturated carbocycles. The number of thiophene rings is 1. The Morgan fingerprint density at radius 3 is 2.54 bits per heavy atom.